The van der Waals surface area contributed by atoms with Crippen LogP contribution in [-0.2, 0) is 9.53 Å². The third-order valence-corrected chi connectivity index (χ3v) is 6.64. The van der Waals surface area contributed by atoms with E-state index in [2.05, 4.69) is 0 Å². The first-order valence-electron chi connectivity index (χ1n) is 9.74. The Hall–Kier alpha value is -0.710. The number of carbonyl (C=O) groups is 1. The SMILES string of the molecule is CCO[C@@]12CC[C@H](O)[C@@H](/C=C/[C@@H](O)C3CCCCC3)[C@@H]1C(C)C2=O. The molecule has 0 aromatic carbocycles. The fourth-order valence-corrected chi connectivity index (χ4v) is 5.37. The molecule has 4 nitrogen and oxygen atoms in total. The summed E-state index contributed by atoms with van der Waals surface area (Å²) in [4.78, 5) is 12.5. The monoisotopic (exact) mass is 336 g/mol. The van der Waals surface area contributed by atoms with Gasteiger partial charge in [0.15, 0.2) is 5.78 Å². The number of aliphatic hydroxyl groups excluding tert-OH is 2. The lowest BCUT2D eigenvalue weighted by Gasteiger charge is -2.58. The summed E-state index contributed by atoms with van der Waals surface area (Å²) in [7, 11) is 0. The van der Waals surface area contributed by atoms with Crippen LogP contribution in [0.25, 0.3) is 0 Å². The van der Waals surface area contributed by atoms with Gasteiger partial charge in [-0.05, 0) is 38.5 Å². The highest BCUT2D eigenvalue weighted by Gasteiger charge is 2.65. The summed E-state index contributed by atoms with van der Waals surface area (Å²) >= 11 is 0. The van der Waals surface area contributed by atoms with Crippen LogP contribution < -0.4 is 0 Å². The fourth-order valence-electron chi connectivity index (χ4n) is 5.37. The van der Waals surface area contributed by atoms with E-state index in [0.29, 0.717) is 25.4 Å². The predicted molar refractivity (Wildman–Crippen MR) is 92.5 cm³/mol. The number of Topliss-reactive ketones (excluding diaryl/α,β-unsaturated/α-hetero) is 1. The normalized spacial score (nSPS) is 41.9. The minimum atomic E-state index is -0.696. The van der Waals surface area contributed by atoms with Crippen molar-refractivity contribution in [1.29, 1.82) is 0 Å². The highest BCUT2D eigenvalue weighted by atomic mass is 16.5. The summed E-state index contributed by atoms with van der Waals surface area (Å²) in [5, 5.41) is 21.0. The second kappa shape index (κ2) is 7.27. The fraction of sp³-hybridized carbons (Fsp3) is 0.850. The number of rotatable bonds is 5. The van der Waals surface area contributed by atoms with E-state index in [1.54, 1.807) is 0 Å². The number of carbonyl (C=O) groups excluding carboxylic acids is 1. The molecule has 136 valence electrons. The van der Waals surface area contributed by atoms with Crippen LogP contribution in [0.2, 0.25) is 0 Å². The van der Waals surface area contributed by atoms with Gasteiger partial charge in [-0.2, -0.15) is 0 Å². The van der Waals surface area contributed by atoms with Crippen LogP contribution in [0.1, 0.15) is 58.8 Å². The van der Waals surface area contributed by atoms with Gasteiger partial charge in [0, 0.05) is 24.4 Å². The molecule has 0 aromatic rings. The van der Waals surface area contributed by atoms with E-state index in [9.17, 15) is 15.0 Å². The molecular formula is C20H32O4. The predicted octanol–water partition coefficient (Wildman–Crippen LogP) is 2.87. The molecule has 4 heteroatoms. The van der Waals surface area contributed by atoms with Gasteiger partial charge in [-0.3, -0.25) is 4.79 Å². The molecule has 3 saturated carbocycles. The Bertz CT molecular complexity index is 482. The molecule has 0 bridgehead atoms. The number of fused-ring (bicyclic) bond motifs is 1. The van der Waals surface area contributed by atoms with Crippen LogP contribution in [0, 0.1) is 23.7 Å². The average Bonchev–Trinajstić information content (AvgIpc) is 2.61. The molecule has 0 amide bonds. The minimum absolute atomic E-state index is 0.0310. The molecule has 3 rings (SSSR count). The Morgan fingerprint density at radius 2 is 2.00 bits per heavy atom. The van der Waals surface area contributed by atoms with E-state index >= 15 is 0 Å². The second-order valence-corrected chi connectivity index (χ2v) is 7.96. The maximum atomic E-state index is 12.5. The summed E-state index contributed by atoms with van der Waals surface area (Å²) in [5.41, 5.74) is -0.696. The van der Waals surface area contributed by atoms with Gasteiger partial charge in [-0.1, -0.05) is 38.3 Å². The van der Waals surface area contributed by atoms with Gasteiger partial charge in [-0.15, -0.1) is 0 Å². The molecule has 6 atom stereocenters. The number of hydrogen-bond donors (Lipinski definition) is 2. The van der Waals surface area contributed by atoms with Crippen molar-refractivity contribution in [3.8, 4) is 0 Å². The molecular weight excluding hydrogens is 304 g/mol. The number of ketones is 1. The molecule has 2 N–H and O–H groups in total. The Balaban J connectivity index is 1.73. The van der Waals surface area contributed by atoms with Crippen LogP contribution in [0.3, 0.4) is 0 Å². The zero-order chi connectivity index (χ0) is 17.3. The molecule has 0 saturated heterocycles. The Morgan fingerprint density at radius 1 is 1.29 bits per heavy atom. The maximum Gasteiger partial charge on any atom is 0.168 e. The molecule has 3 aliphatic carbocycles. The standard InChI is InChI=1S/C20H32O4/c1-3-24-20-12-11-17(22)15(18(20)13(2)19(20)23)9-10-16(21)14-7-5-4-6-8-14/h9-10,13-18,21-22H,3-8,11-12H2,1-2H3/b10-9+/t13?,15-,16-,17+,18+,20+/m1/s1. The first-order valence-corrected chi connectivity index (χ1v) is 9.74. The zero-order valence-electron chi connectivity index (χ0n) is 15.0. The van der Waals surface area contributed by atoms with Crippen molar-refractivity contribution in [3.63, 3.8) is 0 Å². The number of ether oxygens (including phenoxy) is 1. The first-order chi connectivity index (χ1) is 11.5. The zero-order valence-corrected chi connectivity index (χ0v) is 15.0. The van der Waals surface area contributed by atoms with Crippen molar-refractivity contribution in [2.75, 3.05) is 6.61 Å². The van der Waals surface area contributed by atoms with Gasteiger partial charge in [0.25, 0.3) is 0 Å². The summed E-state index contributed by atoms with van der Waals surface area (Å²) in [6, 6.07) is 0. The maximum absolute atomic E-state index is 12.5. The topological polar surface area (TPSA) is 66.8 Å². The van der Waals surface area contributed by atoms with E-state index in [1.165, 1.54) is 19.3 Å². The highest BCUT2D eigenvalue weighted by Crippen LogP contribution is 2.55. The molecule has 0 aliphatic heterocycles. The van der Waals surface area contributed by atoms with E-state index in [4.69, 9.17) is 4.74 Å². The summed E-state index contributed by atoms with van der Waals surface area (Å²) < 4.78 is 5.90. The van der Waals surface area contributed by atoms with Gasteiger partial charge < -0.3 is 14.9 Å². The lowest BCUT2D eigenvalue weighted by atomic mass is 9.50. The molecule has 24 heavy (non-hydrogen) atoms. The Morgan fingerprint density at radius 3 is 2.67 bits per heavy atom. The van der Waals surface area contributed by atoms with Gasteiger partial charge in [-0.25, -0.2) is 0 Å². The van der Waals surface area contributed by atoms with Crippen LogP contribution in [0.5, 0.6) is 0 Å². The van der Waals surface area contributed by atoms with E-state index < -0.39 is 17.8 Å². The molecule has 3 aliphatic rings. The van der Waals surface area contributed by atoms with Crippen molar-refractivity contribution >= 4 is 5.78 Å². The van der Waals surface area contributed by atoms with Crippen LogP contribution >= 0.6 is 0 Å². The van der Waals surface area contributed by atoms with Gasteiger partial charge in [0.2, 0.25) is 0 Å². The molecule has 1 unspecified atom stereocenters. The van der Waals surface area contributed by atoms with Crippen molar-refractivity contribution in [2.45, 2.75) is 76.6 Å². The van der Waals surface area contributed by atoms with Crippen molar-refractivity contribution in [3.05, 3.63) is 12.2 Å². The number of aliphatic hydroxyl groups is 2. The van der Waals surface area contributed by atoms with Gasteiger partial charge in [0.05, 0.1) is 12.2 Å². The van der Waals surface area contributed by atoms with Crippen LogP contribution in [0.15, 0.2) is 12.2 Å². The van der Waals surface area contributed by atoms with E-state index in [0.717, 1.165) is 12.8 Å². The van der Waals surface area contributed by atoms with Crippen molar-refractivity contribution in [1.82, 2.24) is 0 Å². The smallest absolute Gasteiger partial charge is 0.168 e. The minimum Gasteiger partial charge on any atom is -0.393 e. The average molecular weight is 336 g/mol. The summed E-state index contributed by atoms with van der Waals surface area (Å²) in [6.45, 7) is 4.39. The van der Waals surface area contributed by atoms with Gasteiger partial charge >= 0.3 is 0 Å². The third-order valence-electron chi connectivity index (χ3n) is 6.64. The number of hydrogen-bond acceptors (Lipinski definition) is 4. The first kappa shape index (κ1) is 18.1. The molecule has 3 fully saturated rings. The van der Waals surface area contributed by atoms with Gasteiger partial charge in [0.1, 0.15) is 5.60 Å². The quantitative estimate of drug-likeness (QED) is 0.758. The Kier molecular flexibility index (Phi) is 5.48. The Labute approximate surface area is 145 Å². The lowest BCUT2D eigenvalue weighted by Crippen LogP contribution is -2.69. The largest absolute Gasteiger partial charge is 0.393 e. The van der Waals surface area contributed by atoms with Crippen LogP contribution in [0.4, 0.5) is 0 Å². The second-order valence-electron chi connectivity index (χ2n) is 7.96. The van der Waals surface area contributed by atoms with E-state index in [-0.39, 0.29) is 23.5 Å². The summed E-state index contributed by atoms with van der Waals surface area (Å²) in [6.07, 6.45) is 10.0. The molecule has 0 heterocycles. The van der Waals surface area contributed by atoms with E-state index in [1.807, 2.05) is 26.0 Å². The van der Waals surface area contributed by atoms with Crippen LogP contribution in [-0.4, -0.2) is 40.4 Å². The molecule has 0 aromatic heterocycles. The molecule has 0 spiro atoms. The van der Waals surface area contributed by atoms with Crippen molar-refractivity contribution in [2.24, 2.45) is 23.7 Å². The molecule has 0 radical (unpaired) electrons. The highest BCUT2D eigenvalue weighted by molar-refractivity contribution is 5.96. The third kappa shape index (κ3) is 2.97. The van der Waals surface area contributed by atoms with Crippen molar-refractivity contribution < 1.29 is 19.7 Å². The summed E-state index contributed by atoms with van der Waals surface area (Å²) in [5.74, 6) is 0.382. The lowest BCUT2D eigenvalue weighted by molar-refractivity contribution is -0.212.